The predicted octanol–water partition coefficient (Wildman–Crippen LogP) is 2.16. The average molecular weight is 205 g/mol. The molecule has 0 aliphatic heterocycles. The Labute approximate surface area is 79.4 Å². The number of hydrogen-bond donors (Lipinski definition) is 1. The molecule has 0 aliphatic carbocycles. The third-order valence-corrected chi connectivity index (χ3v) is 2.03. The second kappa shape index (κ2) is 3.24. The molecule has 0 unspecified atom stereocenters. The van der Waals surface area contributed by atoms with E-state index >= 15 is 0 Å². The molecule has 0 saturated heterocycles. The zero-order valence-corrected chi connectivity index (χ0v) is 7.76. The lowest BCUT2D eigenvalue weighted by atomic mass is 9.97. The van der Waals surface area contributed by atoms with Crippen molar-refractivity contribution >= 4 is 0 Å². The minimum Gasteiger partial charge on any atom is -0.376 e. The van der Waals surface area contributed by atoms with Gasteiger partial charge in [-0.05, 0) is 19.9 Å². The maximum Gasteiger partial charge on any atom is 0.421 e. The summed E-state index contributed by atoms with van der Waals surface area (Å²) in [5, 5.41) is 9.25. The van der Waals surface area contributed by atoms with Crippen LogP contribution >= 0.6 is 0 Å². The molecule has 0 aromatic carbocycles. The number of rotatable bonds is 1. The Hall–Kier alpha value is -1.10. The van der Waals surface area contributed by atoms with E-state index in [1.807, 2.05) is 0 Å². The fourth-order valence-electron chi connectivity index (χ4n) is 0.919. The van der Waals surface area contributed by atoms with Crippen molar-refractivity contribution in [2.24, 2.45) is 0 Å². The van der Waals surface area contributed by atoms with Gasteiger partial charge in [0.05, 0.1) is 0 Å². The van der Waals surface area contributed by atoms with Crippen LogP contribution < -0.4 is 0 Å². The quantitative estimate of drug-likeness (QED) is 0.762. The van der Waals surface area contributed by atoms with Gasteiger partial charge in [-0.2, -0.15) is 13.2 Å². The second-order valence-corrected chi connectivity index (χ2v) is 3.26. The Kier molecular flexibility index (Phi) is 2.54. The first-order valence-corrected chi connectivity index (χ1v) is 3.97. The second-order valence-electron chi connectivity index (χ2n) is 3.26. The van der Waals surface area contributed by atoms with E-state index in [4.69, 9.17) is 0 Å². The van der Waals surface area contributed by atoms with E-state index in [2.05, 4.69) is 4.98 Å². The summed E-state index contributed by atoms with van der Waals surface area (Å²) < 4.78 is 37.0. The fourth-order valence-corrected chi connectivity index (χ4v) is 0.919. The summed E-state index contributed by atoms with van der Waals surface area (Å²) in [6, 6.07) is 2.64. The average Bonchev–Trinajstić information content (AvgIpc) is 2.03. The monoisotopic (exact) mass is 205 g/mol. The van der Waals surface area contributed by atoms with E-state index in [9.17, 15) is 18.3 Å². The highest BCUT2D eigenvalue weighted by molar-refractivity contribution is 5.21. The molecule has 1 heterocycles. The number of aromatic nitrogens is 1. The zero-order valence-electron chi connectivity index (χ0n) is 7.76. The van der Waals surface area contributed by atoms with Crippen molar-refractivity contribution in [3.8, 4) is 0 Å². The van der Waals surface area contributed by atoms with Crippen molar-refractivity contribution in [1.82, 2.24) is 4.98 Å². The zero-order chi connectivity index (χ0) is 11.0. The Morgan fingerprint density at radius 2 is 1.86 bits per heavy atom. The van der Waals surface area contributed by atoms with Crippen LogP contribution in [0.15, 0.2) is 18.3 Å². The van der Waals surface area contributed by atoms with Gasteiger partial charge in [0.2, 0.25) is 0 Å². The minimum absolute atomic E-state index is 0.254. The van der Waals surface area contributed by atoms with Crippen LogP contribution in [-0.4, -0.2) is 16.3 Å². The molecule has 1 aromatic rings. The predicted molar refractivity (Wildman–Crippen MR) is 44.6 cm³/mol. The molecule has 5 heteroatoms. The summed E-state index contributed by atoms with van der Waals surface area (Å²) in [5.74, 6) is 0. The van der Waals surface area contributed by atoms with Crippen LogP contribution in [0.5, 0.6) is 0 Å². The van der Waals surface area contributed by atoms with Gasteiger partial charge < -0.3 is 5.11 Å². The van der Waals surface area contributed by atoms with E-state index in [1.165, 1.54) is 12.1 Å². The number of halogens is 3. The Morgan fingerprint density at radius 1 is 1.29 bits per heavy atom. The summed E-state index contributed by atoms with van der Waals surface area (Å²) in [6.45, 7) is 2.37. The van der Waals surface area contributed by atoms with Crippen LogP contribution in [0.3, 0.4) is 0 Å². The highest BCUT2D eigenvalue weighted by Gasteiger charge is 2.51. The smallest absolute Gasteiger partial charge is 0.376 e. The maximum absolute atomic E-state index is 12.3. The Morgan fingerprint density at radius 3 is 2.21 bits per heavy atom. The van der Waals surface area contributed by atoms with Crippen molar-refractivity contribution in [2.75, 3.05) is 0 Å². The van der Waals surface area contributed by atoms with Gasteiger partial charge in [0.25, 0.3) is 0 Å². The van der Waals surface area contributed by atoms with Gasteiger partial charge in [0.1, 0.15) is 0 Å². The van der Waals surface area contributed by atoms with Gasteiger partial charge in [0, 0.05) is 17.5 Å². The number of pyridine rings is 1. The number of hydrogen-bond acceptors (Lipinski definition) is 2. The number of aliphatic hydroxyl groups is 1. The summed E-state index contributed by atoms with van der Waals surface area (Å²) >= 11 is 0. The molecule has 1 atom stereocenters. The molecule has 1 rings (SSSR count). The molecule has 14 heavy (non-hydrogen) atoms. The van der Waals surface area contributed by atoms with Gasteiger partial charge in [0.15, 0.2) is 5.60 Å². The van der Waals surface area contributed by atoms with Gasteiger partial charge in [-0.15, -0.1) is 0 Å². The van der Waals surface area contributed by atoms with E-state index in [0.717, 1.165) is 6.20 Å². The molecule has 1 aromatic heterocycles. The summed E-state index contributed by atoms with van der Waals surface area (Å²) in [7, 11) is 0. The summed E-state index contributed by atoms with van der Waals surface area (Å²) in [5.41, 5.74) is -2.49. The molecule has 0 aliphatic rings. The van der Waals surface area contributed by atoms with Crippen molar-refractivity contribution in [3.63, 3.8) is 0 Å². The third-order valence-electron chi connectivity index (χ3n) is 2.03. The molecular weight excluding hydrogens is 195 g/mol. The minimum atomic E-state index is -4.69. The summed E-state index contributed by atoms with van der Waals surface area (Å²) in [6.07, 6.45) is -3.66. The van der Waals surface area contributed by atoms with E-state index in [1.54, 1.807) is 6.92 Å². The molecular formula is C9H10F3NO. The first-order chi connectivity index (χ1) is 6.25. The van der Waals surface area contributed by atoms with Gasteiger partial charge in [-0.1, -0.05) is 6.07 Å². The molecule has 0 radical (unpaired) electrons. The summed E-state index contributed by atoms with van der Waals surface area (Å²) in [4.78, 5) is 3.70. The Bertz CT molecular complexity index is 316. The van der Waals surface area contributed by atoms with Crippen LogP contribution in [0.2, 0.25) is 0 Å². The Balaban J connectivity index is 3.10. The first-order valence-electron chi connectivity index (χ1n) is 3.97. The molecule has 2 nitrogen and oxygen atoms in total. The molecule has 0 spiro atoms. The van der Waals surface area contributed by atoms with E-state index in [-0.39, 0.29) is 5.56 Å². The van der Waals surface area contributed by atoms with Crippen molar-refractivity contribution in [2.45, 2.75) is 25.6 Å². The van der Waals surface area contributed by atoms with E-state index < -0.39 is 11.8 Å². The van der Waals surface area contributed by atoms with Crippen LogP contribution in [0.1, 0.15) is 18.2 Å². The fraction of sp³-hybridized carbons (Fsp3) is 0.444. The topological polar surface area (TPSA) is 33.1 Å². The lowest BCUT2D eigenvalue weighted by Gasteiger charge is -2.26. The van der Waals surface area contributed by atoms with Crippen LogP contribution in [0.25, 0.3) is 0 Å². The third kappa shape index (κ3) is 1.87. The molecule has 0 bridgehead atoms. The van der Waals surface area contributed by atoms with Crippen molar-refractivity contribution in [3.05, 3.63) is 29.6 Å². The SMILES string of the molecule is Cc1ccc([C@@](C)(O)C(F)(F)F)cn1. The number of nitrogens with zero attached hydrogens (tertiary/aromatic N) is 1. The van der Waals surface area contributed by atoms with Gasteiger partial charge in [-0.3, -0.25) is 4.98 Å². The maximum atomic E-state index is 12.3. The van der Waals surface area contributed by atoms with Crippen LogP contribution in [-0.2, 0) is 5.60 Å². The molecule has 0 fully saturated rings. The standard InChI is InChI=1S/C9H10F3NO/c1-6-3-4-7(5-13-6)8(2,14)9(10,11)12/h3-5,14H,1-2H3/t8-/m1/s1. The normalized spacial score (nSPS) is 16.4. The first kappa shape index (κ1) is 11.0. The van der Waals surface area contributed by atoms with Crippen molar-refractivity contribution in [1.29, 1.82) is 0 Å². The molecule has 1 N–H and O–H groups in total. The van der Waals surface area contributed by atoms with Gasteiger partial charge in [-0.25, -0.2) is 0 Å². The lowest BCUT2D eigenvalue weighted by Crippen LogP contribution is -2.39. The molecule has 0 amide bonds. The van der Waals surface area contributed by atoms with Crippen molar-refractivity contribution < 1.29 is 18.3 Å². The highest BCUT2D eigenvalue weighted by atomic mass is 19.4. The largest absolute Gasteiger partial charge is 0.421 e. The lowest BCUT2D eigenvalue weighted by molar-refractivity contribution is -0.259. The number of alkyl halides is 3. The number of aryl methyl sites for hydroxylation is 1. The molecule has 0 saturated carbocycles. The van der Waals surface area contributed by atoms with Crippen LogP contribution in [0, 0.1) is 6.92 Å². The van der Waals surface area contributed by atoms with Gasteiger partial charge >= 0.3 is 6.18 Å². The highest BCUT2D eigenvalue weighted by Crippen LogP contribution is 2.37. The van der Waals surface area contributed by atoms with Crippen LogP contribution in [0.4, 0.5) is 13.2 Å². The van der Waals surface area contributed by atoms with E-state index in [0.29, 0.717) is 12.6 Å². The molecule has 78 valence electrons.